The topological polar surface area (TPSA) is 76.3 Å². The standard InChI is InChI=1S/C9H8OS.C7H11N3O2/c1-11(10)9-6-7-2-4-8(9)5-3-7;1-3-10(4-2)7(11)6-8-5-9-12-6/h2-6H,1H3;5H,3-4H2,1-2H3. The van der Waals surface area contributed by atoms with Gasteiger partial charge in [-0.05, 0) is 30.7 Å². The minimum Gasteiger partial charge on any atom is -0.335 e. The van der Waals surface area contributed by atoms with Crippen LogP contribution < -0.4 is 0 Å². The van der Waals surface area contributed by atoms with Gasteiger partial charge in [0.2, 0.25) is 0 Å². The molecule has 0 saturated carbocycles. The summed E-state index contributed by atoms with van der Waals surface area (Å²) in [6, 6.07) is 10.1. The molecule has 0 aliphatic carbocycles. The highest BCUT2D eigenvalue weighted by Gasteiger charge is 2.17. The second-order valence-electron chi connectivity index (χ2n) is 4.81. The van der Waals surface area contributed by atoms with E-state index in [0.717, 1.165) is 15.7 Å². The minimum absolute atomic E-state index is 0.0544. The zero-order valence-corrected chi connectivity index (χ0v) is 14.2. The van der Waals surface area contributed by atoms with Gasteiger partial charge in [-0.3, -0.25) is 9.00 Å². The van der Waals surface area contributed by atoms with E-state index in [-0.39, 0.29) is 11.8 Å². The fourth-order valence-electron chi connectivity index (χ4n) is 2.14. The summed E-state index contributed by atoms with van der Waals surface area (Å²) in [6.45, 7) is 5.10. The summed E-state index contributed by atoms with van der Waals surface area (Å²) in [5.41, 5.74) is 0. The van der Waals surface area contributed by atoms with Crippen LogP contribution in [0.4, 0.5) is 0 Å². The number of aromatic nitrogens is 2. The highest BCUT2D eigenvalue weighted by atomic mass is 32.2. The number of carbonyl (C=O) groups is 1. The Morgan fingerprint density at radius 2 is 1.87 bits per heavy atom. The van der Waals surface area contributed by atoms with Gasteiger partial charge in [0, 0.05) is 24.2 Å². The van der Waals surface area contributed by atoms with Crippen LogP contribution >= 0.6 is 0 Å². The fourth-order valence-corrected chi connectivity index (χ4v) is 2.91. The molecule has 0 spiro atoms. The van der Waals surface area contributed by atoms with Crippen molar-refractivity contribution in [2.24, 2.45) is 0 Å². The van der Waals surface area contributed by atoms with Gasteiger partial charge < -0.3 is 9.42 Å². The third-order valence-corrected chi connectivity index (χ3v) is 4.37. The van der Waals surface area contributed by atoms with E-state index in [1.165, 1.54) is 6.33 Å². The summed E-state index contributed by atoms with van der Waals surface area (Å²) in [6.07, 6.45) is 2.93. The molecular weight excluding hydrogens is 314 g/mol. The number of nitrogens with zero attached hydrogens (tertiary/aromatic N) is 3. The maximum Gasteiger partial charge on any atom is 0.315 e. The third kappa shape index (κ3) is 4.13. The SMILES string of the molecule is CCN(CC)C(=O)c1ncno1.CS(=O)c1cc2ccc1cc2. The normalized spacial score (nSPS) is 11.8. The molecule has 0 aliphatic heterocycles. The molecule has 23 heavy (non-hydrogen) atoms. The second kappa shape index (κ2) is 7.82. The van der Waals surface area contributed by atoms with Crippen LogP contribution in [0.5, 0.6) is 0 Å². The number of fused-ring (bicyclic) bond motifs is 3. The lowest BCUT2D eigenvalue weighted by atomic mass is 10.1. The molecule has 3 aromatic carbocycles. The smallest absolute Gasteiger partial charge is 0.315 e. The first-order valence-electron chi connectivity index (χ1n) is 7.28. The largest absolute Gasteiger partial charge is 0.335 e. The van der Waals surface area contributed by atoms with Crippen LogP contribution in [0, 0.1) is 0 Å². The van der Waals surface area contributed by atoms with Gasteiger partial charge in [-0.2, -0.15) is 4.98 Å². The highest BCUT2D eigenvalue weighted by molar-refractivity contribution is 7.84. The Labute approximate surface area is 137 Å². The summed E-state index contributed by atoms with van der Waals surface area (Å²) in [7, 11) is -0.851. The Morgan fingerprint density at radius 1 is 1.22 bits per heavy atom. The summed E-state index contributed by atoms with van der Waals surface area (Å²) in [5.74, 6) is -0.156. The van der Waals surface area contributed by atoms with Crippen molar-refractivity contribution in [1.29, 1.82) is 0 Å². The quantitative estimate of drug-likeness (QED) is 0.733. The lowest BCUT2D eigenvalue weighted by Crippen LogP contribution is -2.30. The summed E-state index contributed by atoms with van der Waals surface area (Å²) < 4.78 is 15.8. The molecule has 0 N–H and O–H groups in total. The van der Waals surface area contributed by atoms with Crippen molar-refractivity contribution in [3.8, 4) is 0 Å². The molecule has 1 amide bonds. The molecule has 1 heterocycles. The first-order chi connectivity index (χ1) is 11.1. The van der Waals surface area contributed by atoms with Crippen molar-refractivity contribution >= 4 is 27.5 Å². The van der Waals surface area contributed by atoms with Crippen molar-refractivity contribution in [2.75, 3.05) is 19.3 Å². The van der Waals surface area contributed by atoms with Gasteiger partial charge in [-0.25, -0.2) is 0 Å². The molecule has 6 nitrogen and oxygen atoms in total. The molecule has 2 bridgehead atoms. The molecule has 1 aromatic heterocycles. The van der Waals surface area contributed by atoms with E-state index in [2.05, 4.69) is 14.7 Å². The zero-order chi connectivity index (χ0) is 16.8. The van der Waals surface area contributed by atoms with Gasteiger partial charge in [0.15, 0.2) is 6.33 Å². The van der Waals surface area contributed by atoms with Crippen LogP contribution in [0.25, 0.3) is 10.8 Å². The van der Waals surface area contributed by atoms with Gasteiger partial charge in [-0.1, -0.05) is 29.4 Å². The van der Waals surface area contributed by atoms with Crippen molar-refractivity contribution in [3.63, 3.8) is 0 Å². The fraction of sp³-hybridized carbons (Fsp3) is 0.312. The van der Waals surface area contributed by atoms with E-state index < -0.39 is 10.8 Å². The van der Waals surface area contributed by atoms with Crippen LogP contribution in [0.3, 0.4) is 0 Å². The van der Waals surface area contributed by atoms with Gasteiger partial charge in [0.25, 0.3) is 0 Å². The Bertz CT molecular complexity index is 749. The lowest BCUT2D eigenvalue weighted by Gasteiger charge is -2.15. The average molecular weight is 333 g/mol. The number of hydrogen-bond acceptors (Lipinski definition) is 5. The first-order valence-corrected chi connectivity index (χ1v) is 8.84. The molecule has 122 valence electrons. The number of benzene rings is 3. The molecule has 1 atom stereocenters. The third-order valence-electron chi connectivity index (χ3n) is 3.40. The van der Waals surface area contributed by atoms with Gasteiger partial charge in [-0.15, -0.1) is 0 Å². The Balaban J connectivity index is 0.000000167. The van der Waals surface area contributed by atoms with Crippen molar-refractivity contribution in [2.45, 2.75) is 18.7 Å². The molecule has 1 unspecified atom stereocenters. The molecule has 7 heteroatoms. The maximum absolute atomic E-state index is 11.4. The van der Waals surface area contributed by atoms with Gasteiger partial charge in [0.1, 0.15) is 0 Å². The Morgan fingerprint density at radius 3 is 2.22 bits per heavy atom. The van der Waals surface area contributed by atoms with E-state index in [1.807, 2.05) is 44.2 Å². The Hall–Kier alpha value is -2.28. The molecule has 0 saturated heterocycles. The monoisotopic (exact) mass is 333 g/mol. The summed E-state index contributed by atoms with van der Waals surface area (Å²) in [5, 5.41) is 5.59. The molecule has 0 fully saturated rings. The maximum atomic E-state index is 11.4. The van der Waals surface area contributed by atoms with Crippen LogP contribution in [-0.4, -0.2) is 44.5 Å². The van der Waals surface area contributed by atoms with E-state index in [0.29, 0.717) is 13.1 Å². The van der Waals surface area contributed by atoms with E-state index in [4.69, 9.17) is 0 Å². The average Bonchev–Trinajstić information content (AvgIpc) is 3.12. The van der Waals surface area contributed by atoms with Crippen LogP contribution in [-0.2, 0) is 10.8 Å². The summed E-state index contributed by atoms with van der Waals surface area (Å²) in [4.78, 5) is 17.6. The lowest BCUT2D eigenvalue weighted by molar-refractivity contribution is 0.0723. The number of rotatable bonds is 4. The molecule has 4 aromatic rings. The molecule has 0 aliphatic rings. The Kier molecular flexibility index (Phi) is 5.81. The van der Waals surface area contributed by atoms with Crippen molar-refractivity contribution in [1.82, 2.24) is 15.0 Å². The molecule has 0 radical (unpaired) electrons. The van der Waals surface area contributed by atoms with Gasteiger partial charge in [0.05, 0.1) is 10.8 Å². The second-order valence-corrected chi connectivity index (χ2v) is 6.16. The van der Waals surface area contributed by atoms with Crippen LogP contribution in [0.2, 0.25) is 0 Å². The first kappa shape index (κ1) is 17.1. The van der Waals surface area contributed by atoms with Gasteiger partial charge >= 0.3 is 11.8 Å². The highest BCUT2D eigenvalue weighted by Crippen LogP contribution is 2.20. The van der Waals surface area contributed by atoms with E-state index in [9.17, 15) is 9.00 Å². The number of carbonyl (C=O) groups excluding carboxylic acids is 1. The van der Waals surface area contributed by atoms with E-state index >= 15 is 0 Å². The summed E-state index contributed by atoms with van der Waals surface area (Å²) >= 11 is 0. The molecular formula is C16H19N3O3S. The molecule has 4 rings (SSSR count). The minimum atomic E-state index is -0.851. The van der Waals surface area contributed by atoms with Crippen LogP contribution in [0.1, 0.15) is 24.5 Å². The van der Waals surface area contributed by atoms with Crippen LogP contribution in [0.15, 0.2) is 46.1 Å². The zero-order valence-electron chi connectivity index (χ0n) is 13.4. The predicted octanol–water partition coefficient (Wildman–Crippen LogP) is 2.57. The van der Waals surface area contributed by atoms with Crippen molar-refractivity contribution < 1.29 is 13.5 Å². The van der Waals surface area contributed by atoms with E-state index in [1.54, 1.807) is 11.2 Å². The number of hydrogen-bond donors (Lipinski definition) is 0. The predicted molar refractivity (Wildman–Crippen MR) is 89.0 cm³/mol. The van der Waals surface area contributed by atoms with Crippen molar-refractivity contribution in [3.05, 3.63) is 42.5 Å². The number of amides is 1.